The van der Waals surface area contributed by atoms with Crippen LogP contribution in [-0.4, -0.2) is 31.2 Å². The van der Waals surface area contributed by atoms with Crippen molar-refractivity contribution in [1.82, 2.24) is 5.32 Å². The van der Waals surface area contributed by atoms with Crippen LogP contribution >= 0.6 is 28.1 Å². The summed E-state index contributed by atoms with van der Waals surface area (Å²) in [5, 5.41) is 5.93. The van der Waals surface area contributed by atoms with Gasteiger partial charge in [-0.1, -0.05) is 15.9 Å². The fraction of sp³-hybridized carbons (Fsp3) is 0.263. The summed E-state index contributed by atoms with van der Waals surface area (Å²) in [6, 6.07) is 13.1. The Hall–Kier alpha value is -2.12. The fourth-order valence-corrected chi connectivity index (χ4v) is 3.11. The minimum Gasteiger partial charge on any atom is -0.496 e. The molecule has 0 atom stereocenters. The zero-order chi connectivity index (χ0) is 19.1. The van der Waals surface area contributed by atoms with Gasteiger partial charge in [0.1, 0.15) is 5.75 Å². The lowest BCUT2D eigenvalue weighted by Crippen LogP contribution is -2.34. The standard InChI is InChI=1S/C19H22BrN3O2S/c1-4-23(5-2)15-9-7-14(8-10-15)21-19(26)22-18(24)16-12-13(20)6-11-17(16)25-3/h6-12H,4-5H2,1-3H3,(H2,21,22,24,26). The van der Waals surface area contributed by atoms with Crippen molar-refractivity contribution >= 4 is 50.5 Å². The number of ether oxygens (including phenoxy) is 1. The van der Waals surface area contributed by atoms with Gasteiger partial charge in [0.2, 0.25) is 0 Å². The second-order valence-electron chi connectivity index (χ2n) is 5.47. The van der Waals surface area contributed by atoms with Crippen LogP contribution in [0, 0.1) is 0 Å². The topological polar surface area (TPSA) is 53.6 Å². The molecule has 0 radical (unpaired) electrons. The molecule has 7 heteroatoms. The molecule has 2 rings (SSSR count). The first-order valence-corrected chi connectivity index (χ1v) is 9.49. The molecular weight excluding hydrogens is 414 g/mol. The monoisotopic (exact) mass is 435 g/mol. The summed E-state index contributed by atoms with van der Waals surface area (Å²) in [4.78, 5) is 14.7. The van der Waals surface area contributed by atoms with Crippen molar-refractivity contribution in [3.05, 3.63) is 52.5 Å². The number of benzene rings is 2. The second kappa shape index (κ2) is 9.54. The number of thiocarbonyl (C=S) groups is 1. The van der Waals surface area contributed by atoms with Gasteiger partial charge < -0.3 is 15.0 Å². The van der Waals surface area contributed by atoms with E-state index in [-0.39, 0.29) is 11.0 Å². The van der Waals surface area contributed by atoms with Crippen molar-refractivity contribution in [2.75, 3.05) is 30.4 Å². The van der Waals surface area contributed by atoms with Crippen molar-refractivity contribution in [2.24, 2.45) is 0 Å². The summed E-state index contributed by atoms with van der Waals surface area (Å²) in [6.45, 7) is 6.14. The zero-order valence-corrected chi connectivity index (χ0v) is 17.4. The Labute approximate surface area is 167 Å². The number of amides is 1. The van der Waals surface area contributed by atoms with E-state index in [1.165, 1.54) is 7.11 Å². The molecule has 0 unspecified atom stereocenters. The molecule has 1 amide bonds. The molecule has 0 spiro atoms. The maximum Gasteiger partial charge on any atom is 0.261 e. The Kier molecular flexibility index (Phi) is 7.41. The number of carbonyl (C=O) groups is 1. The highest BCUT2D eigenvalue weighted by Gasteiger charge is 2.14. The van der Waals surface area contributed by atoms with E-state index in [1.807, 2.05) is 30.3 Å². The third-order valence-electron chi connectivity index (χ3n) is 3.89. The van der Waals surface area contributed by atoms with E-state index in [9.17, 15) is 4.79 Å². The number of methoxy groups -OCH3 is 1. The van der Waals surface area contributed by atoms with Crippen LogP contribution in [0.4, 0.5) is 11.4 Å². The molecule has 5 nitrogen and oxygen atoms in total. The number of nitrogens with zero attached hydrogens (tertiary/aromatic N) is 1. The van der Waals surface area contributed by atoms with E-state index in [2.05, 4.69) is 45.3 Å². The van der Waals surface area contributed by atoms with Gasteiger partial charge in [-0.15, -0.1) is 0 Å². The second-order valence-corrected chi connectivity index (χ2v) is 6.80. The lowest BCUT2D eigenvalue weighted by Gasteiger charge is -2.21. The van der Waals surface area contributed by atoms with Gasteiger partial charge in [0.25, 0.3) is 5.91 Å². The molecule has 138 valence electrons. The molecule has 0 fully saturated rings. The van der Waals surface area contributed by atoms with E-state index < -0.39 is 0 Å². The third-order valence-corrected chi connectivity index (χ3v) is 4.58. The van der Waals surface area contributed by atoms with Crippen LogP contribution in [0.2, 0.25) is 0 Å². The minimum atomic E-state index is -0.333. The number of hydrogen-bond donors (Lipinski definition) is 2. The number of anilines is 2. The van der Waals surface area contributed by atoms with Crippen molar-refractivity contribution in [2.45, 2.75) is 13.8 Å². The molecule has 0 aliphatic rings. The molecule has 0 aliphatic carbocycles. The van der Waals surface area contributed by atoms with Crippen LogP contribution in [0.1, 0.15) is 24.2 Å². The summed E-state index contributed by atoms with van der Waals surface area (Å²) in [5.74, 6) is 0.150. The van der Waals surface area contributed by atoms with Crippen LogP contribution in [0.5, 0.6) is 5.75 Å². The summed E-state index contributed by atoms with van der Waals surface area (Å²) in [6.07, 6.45) is 0. The zero-order valence-electron chi connectivity index (χ0n) is 15.0. The van der Waals surface area contributed by atoms with Gasteiger partial charge in [-0.25, -0.2) is 0 Å². The van der Waals surface area contributed by atoms with Crippen molar-refractivity contribution < 1.29 is 9.53 Å². The first-order chi connectivity index (χ1) is 12.5. The Morgan fingerprint density at radius 1 is 1.15 bits per heavy atom. The normalized spacial score (nSPS) is 10.2. The van der Waals surface area contributed by atoms with Crippen LogP contribution in [-0.2, 0) is 0 Å². The maximum atomic E-state index is 12.5. The predicted molar refractivity (Wildman–Crippen MR) is 114 cm³/mol. The number of rotatable bonds is 6. The van der Waals surface area contributed by atoms with Crippen LogP contribution in [0.25, 0.3) is 0 Å². The quantitative estimate of drug-likeness (QED) is 0.657. The largest absolute Gasteiger partial charge is 0.496 e. The molecule has 0 aliphatic heterocycles. The molecule has 2 aromatic rings. The molecule has 0 saturated carbocycles. The summed E-state index contributed by atoms with van der Waals surface area (Å²) in [7, 11) is 1.52. The fourth-order valence-electron chi connectivity index (χ4n) is 2.53. The number of hydrogen-bond acceptors (Lipinski definition) is 4. The molecule has 2 N–H and O–H groups in total. The molecule has 0 heterocycles. The number of halogens is 1. The Morgan fingerprint density at radius 3 is 2.38 bits per heavy atom. The van der Waals surface area contributed by atoms with Gasteiger partial charge in [0.05, 0.1) is 12.7 Å². The van der Waals surface area contributed by atoms with Gasteiger partial charge in [0, 0.05) is 28.9 Å². The Balaban J connectivity index is 2.02. The Morgan fingerprint density at radius 2 is 1.81 bits per heavy atom. The smallest absolute Gasteiger partial charge is 0.261 e. The number of nitrogens with one attached hydrogen (secondary N) is 2. The minimum absolute atomic E-state index is 0.229. The van der Waals surface area contributed by atoms with E-state index in [0.29, 0.717) is 11.3 Å². The summed E-state index contributed by atoms with van der Waals surface area (Å²) in [5.41, 5.74) is 2.37. The maximum absolute atomic E-state index is 12.5. The van der Waals surface area contributed by atoms with E-state index in [1.54, 1.807) is 12.1 Å². The lowest BCUT2D eigenvalue weighted by molar-refractivity contribution is 0.0974. The van der Waals surface area contributed by atoms with Gasteiger partial charge in [0.15, 0.2) is 5.11 Å². The molecule has 0 saturated heterocycles. The molecular formula is C19H22BrN3O2S. The van der Waals surface area contributed by atoms with Crippen LogP contribution < -0.4 is 20.3 Å². The van der Waals surface area contributed by atoms with Gasteiger partial charge in [-0.3, -0.25) is 10.1 Å². The van der Waals surface area contributed by atoms with E-state index in [4.69, 9.17) is 17.0 Å². The predicted octanol–water partition coefficient (Wildman–Crippen LogP) is 4.43. The van der Waals surface area contributed by atoms with Crippen molar-refractivity contribution in [3.63, 3.8) is 0 Å². The van der Waals surface area contributed by atoms with Crippen molar-refractivity contribution in [3.8, 4) is 5.75 Å². The highest BCUT2D eigenvalue weighted by Crippen LogP contribution is 2.23. The average molecular weight is 436 g/mol. The van der Waals surface area contributed by atoms with Gasteiger partial charge in [-0.2, -0.15) is 0 Å². The molecule has 2 aromatic carbocycles. The average Bonchev–Trinajstić information content (AvgIpc) is 2.64. The SMILES string of the molecule is CCN(CC)c1ccc(NC(=S)NC(=O)c2cc(Br)ccc2OC)cc1. The lowest BCUT2D eigenvalue weighted by atomic mass is 10.2. The molecule has 0 bridgehead atoms. The van der Waals surface area contributed by atoms with E-state index in [0.717, 1.165) is 28.9 Å². The van der Waals surface area contributed by atoms with E-state index >= 15 is 0 Å². The summed E-state index contributed by atoms with van der Waals surface area (Å²) < 4.78 is 6.01. The van der Waals surface area contributed by atoms with Crippen molar-refractivity contribution in [1.29, 1.82) is 0 Å². The van der Waals surface area contributed by atoms with Crippen LogP contribution in [0.3, 0.4) is 0 Å². The first kappa shape index (κ1) is 20.2. The van der Waals surface area contributed by atoms with Gasteiger partial charge in [-0.05, 0) is 68.5 Å². The highest BCUT2D eigenvalue weighted by molar-refractivity contribution is 9.10. The first-order valence-electron chi connectivity index (χ1n) is 8.29. The molecule has 0 aromatic heterocycles. The molecule has 26 heavy (non-hydrogen) atoms. The van der Waals surface area contributed by atoms with Gasteiger partial charge >= 0.3 is 0 Å². The Bertz CT molecular complexity index is 777. The summed E-state index contributed by atoms with van der Waals surface area (Å²) >= 11 is 8.60. The third kappa shape index (κ3) is 5.19. The van der Waals surface area contributed by atoms with Crippen LogP contribution in [0.15, 0.2) is 46.9 Å². The number of carbonyl (C=O) groups excluding carboxylic acids is 1. The highest BCUT2D eigenvalue weighted by atomic mass is 79.9.